The number of para-hydroxylation sites is 1. The molecule has 1 atom stereocenters. The van der Waals surface area contributed by atoms with Crippen LogP contribution < -0.4 is 16.0 Å². The molecule has 0 fully saturated rings. The van der Waals surface area contributed by atoms with Crippen LogP contribution in [0.3, 0.4) is 0 Å². The van der Waals surface area contributed by atoms with Crippen LogP contribution >= 0.6 is 11.6 Å². The van der Waals surface area contributed by atoms with Crippen molar-refractivity contribution in [3.63, 3.8) is 0 Å². The predicted molar refractivity (Wildman–Crippen MR) is 95.6 cm³/mol. The smallest absolute Gasteiger partial charge is 0.254 e. The second-order valence-electron chi connectivity index (χ2n) is 5.65. The van der Waals surface area contributed by atoms with E-state index in [4.69, 9.17) is 11.6 Å². The maximum absolute atomic E-state index is 12.3. The molecule has 2 aromatic carbocycles. The average Bonchev–Trinajstić information content (AvgIpc) is 2.72. The molecule has 0 unspecified atom stereocenters. The first-order valence-corrected chi connectivity index (χ1v) is 8.17. The fourth-order valence-corrected chi connectivity index (χ4v) is 2.67. The minimum absolute atomic E-state index is 0.0946. The Kier molecular flexibility index (Phi) is 5.00. The van der Waals surface area contributed by atoms with Crippen molar-refractivity contribution in [1.29, 1.82) is 0 Å². The van der Waals surface area contributed by atoms with Gasteiger partial charge in [-0.15, -0.1) is 0 Å². The molecule has 0 bridgehead atoms. The third kappa shape index (κ3) is 4.16. The van der Waals surface area contributed by atoms with E-state index in [1.165, 1.54) is 0 Å². The van der Waals surface area contributed by atoms with E-state index in [2.05, 4.69) is 16.0 Å². The Bertz CT molecular complexity index is 821. The van der Waals surface area contributed by atoms with Crippen LogP contribution in [0.1, 0.15) is 23.2 Å². The summed E-state index contributed by atoms with van der Waals surface area (Å²) >= 11 is 5.80. The van der Waals surface area contributed by atoms with Gasteiger partial charge in [-0.05, 0) is 42.8 Å². The number of fused-ring (bicyclic) bond motifs is 1. The van der Waals surface area contributed by atoms with Crippen LogP contribution in [-0.2, 0) is 9.59 Å². The first kappa shape index (κ1) is 17.0. The summed E-state index contributed by atoms with van der Waals surface area (Å²) in [6.45, 7) is 0. The van der Waals surface area contributed by atoms with Gasteiger partial charge in [0.15, 0.2) is 0 Å². The first-order valence-electron chi connectivity index (χ1n) is 7.79. The summed E-state index contributed by atoms with van der Waals surface area (Å²) in [4.78, 5) is 36.5. The van der Waals surface area contributed by atoms with Gasteiger partial charge in [-0.1, -0.05) is 23.7 Å². The maximum atomic E-state index is 12.3. The molecule has 2 aromatic rings. The molecule has 1 aliphatic rings. The molecule has 3 N–H and O–H groups in total. The molecule has 0 radical (unpaired) electrons. The molecule has 0 spiro atoms. The van der Waals surface area contributed by atoms with Crippen molar-refractivity contribution in [2.45, 2.75) is 18.9 Å². The monoisotopic (exact) mass is 357 g/mol. The Morgan fingerprint density at radius 2 is 1.80 bits per heavy atom. The minimum Gasteiger partial charge on any atom is -0.340 e. The second-order valence-corrected chi connectivity index (χ2v) is 6.09. The van der Waals surface area contributed by atoms with Crippen LogP contribution in [0.5, 0.6) is 0 Å². The van der Waals surface area contributed by atoms with Crippen molar-refractivity contribution >= 4 is 40.7 Å². The molecule has 3 rings (SSSR count). The van der Waals surface area contributed by atoms with Gasteiger partial charge in [0, 0.05) is 17.1 Å². The van der Waals surface area contributed by atoms with Gasteiger partial charge in [-0.3, -0.25) is 14.4 Å². The number of rotatable bonds is 4. The Labute approximate surface area is 149 Å². The molecular formula is C18H16ClN3O3. The largest absolute Gasteiger partial charge is 0.340 e. The lowest BCUT2D eigenvalue weighted by Crippen LogP contribution is -2.41. The lowest BCUT2D eigenvalue weighted by atomic mass is 10.1. The molecule has 0 aliphatic carbocycles. The van der Waals surface area contributed by atoms with E-state index >= 15 is 0 Å². The Balaban J connectivity index is 1.59. The number of hydrogen-bond acceptors (Lipinski definition) is 3. The van der Waals surface area contributed by atoms with E-state index in [0.717, 1.165) is 0 Å². The van der Waals surface area contributed by atoms with Gasteiger partial charge in [0.05, 0.1) is 11.3 Å². The highest BCUT2D eigenvalue weighted by molar-refractivity contribution is 6.30. The van der Waals surface area contributed by atoms with E-state index in [1.54, 1.807) is 48.5 Å². The third-order valence-electron chi connectivity index (χ3n) is 3.84. The molecule has 128 valence electrons. The number of nitrogens with one attached hydrogen (secondary N) is 3. The molecule has 6 nitrogen and oxygen atoms in total. The number of halogens is 1. The van der Waals surface area contributed by atoms with E-state index < -0.39 is 6.04 Å². The number of amides is 3. The van der Waals surface area contributed by atoms with E-state index in [0.29, 0.717) is 22.0 Å². The highest BCUT2D eigenvalue weighted by Gasteiger charge is 2.27. The zero-order valence-corrected chi connectivity index (χ0v) is 14.0. The summed E-state index contributed by atoms with van der Waals surface area (Å²) in [6, 6.07) is 12.7. The quantitative estimate of drug-likeness (QED) is 0.786. The van der Waals surface area contributed by atoms with Crippen molar-refractivity contribution < 1.29 is 14.4 Å². The van der Waals surface area contributed by atoms with Crippen molar-refractivity contribution in [2.24, 2.45) is 0 Å². The molecular weight excluding hydrogens is 342 g/mol. The molecule has 25 heavy (non-hydrogen) atoms. The van der Waals surface area contributed by atoms with Gasteiger partial charge < -0.3 is 16.0 Å². The van der Waals surface area contributed by atoms with Gasteiger partial charge in [0.25, 0.3) is 5.91 Å². The number of anilines is 2. The van der Waals surface area contributed by atoms with Crippen LogP contribution in [0, 0.1) is 0 Å². The lowest BCUT2D eigenvalue weighted by molar-refractivity contribution is -0.118. The molecule has 1 heterocycles. The van der Waals surface area contributed by atoms with Crippen LogP contribution in [-0.4, -0.2) is 23.8 Å². The normalized spacial score (nSPS) is 16.3. The SMILES string of the molecule is O=C(CC[C@H]1NC(=O)c2ccccc2NC1=O)Nc1ccc(Cl)cc1. The summed E-state index contributed by atoms with van der Waals surface area (Å²) in [6.07, 6.45) is 0.294. The number of hydrogen-bond donors (Lipinski definition) is 3. The molecule has 0 aromatic heterocycles. The van der Waals surface area contributed by atoms with Crippen molar-refractivity contribution in [1.82, 2.24) is 5.32 Å². The van der Waals surface area contributed by atoms with Gasteiger partial charge in [-0.25, -0.2) is 0 Å². The van der Waals surface area contributed by atoms with Gasteiger partial charge in [0.1, 0.15) is 6.04 Å². The summed E-state index contributed by atoms with van der Waals surface area (Å²) in [5.74, 6) is -0.916. The fraction of sp³-hybridized carbons (Fsp3) is 0.167. The molecule has 7 heteroatoms. The summed E-state index contributed by atoms with van der Waals surface area (Å²) in [5, 5.41) is 8.68. The summed E-state index contributed by atoms with van der Waals surface area (Å²) in [7, 11) is 0. The van der Waals surface area contributed by atoms with E-state index in [1.807, 2.05) is 0 Å². The molecule has 0 saturated heterocycles. The first-order chi connectivity index (χ1) is 12.0. The van der Waals surface area contributed by atoms with Crippen molar-refractivity contribution in [3.05, 3.63) is 59.1 Å². The molecule has 0 saturated carbocycles. The van der Waals surface area contributed by atoms with Crippen LogP contribution in [0.25, 0.3) is 0 Å². The zero-order chi connectivity index (χ0) is 17.8. The Morgan fingerprint density at radius 3 is 2.56 bits per heavy atom. The van der Waals surface area contributed by atoms with Crippen molar-refractivity contribution in [3.8, 4) is 0 Å². The summed E-state index contributed by atoms with van der Waals surface area (Å²) < 4.78 is 0. The highest BCUT2D eigenvalue weighted by Crippen LogP contribution is 2.19. The van der Waals surface area contributed by atoms with Gasteiger partial charge in [-0.2, -0.15) is 0 Å². The standard InChI is InChI=1S/C18H16ClN3O3/c19-11-5-7-12(8-6-11)20-16(23)10-9-15-18(25)21-14-4-2-1-3-13(14)17(24)22-15/h1-8,15H,9-10H2,(H,20,23)(H,21,25)(H,22,24)/t15-/m1/s1. The second kappa shape index (κ2) is 7.36. The average molecular weight is 358 g/mol. The topological polar surface area (TPSA) is 87.3 Å². The fourth-order valence-electron chi connectivity index (χ4n) is 2.55. The predicted octanol–water partition coefficient (Wildman–Crippen LogP) is 2.81. The van der Waals surface area contributed by atoms with Crippen molar-refractivity contribution in [2.75, 3.05) is 10.6 Å². The van der Waals surface area contributed by atoms with Gasteiger partial charge in [0.2, 0.25) is 11.8 Å². The number of carbonyl (C=O) groups is 3. The zero-order valence-electron chi connectivity index (χ0n) is 13.2. The minimum atomic E-state index is -0.768. The van der Waals surface area contributed by atoms with E-state index in [-0.39, 0.29) is 30.6 Å². The number of benzene rings is 2. The lowest BCUT2D eigenvalue weighted by Gasteiger charge is -2.14. The third-order valence-corrected chi connectivity index (χ3v) is 4.09. The summed E-state index contributed by atoms with van der Waals surface area (Å²) in [5.41, 5.74) is 1.50. The molecule has 3 amide bonds. The molecule has 1 aliphatic heterocycles. The Morgan fingerprint density at radius 1 is 1.08 bits per heavy atom. The highest BCUT2D eigenvalue weighted by atomic mass is 35.5. The van der Waals surface area contributed by atoms with Crippen LogP contribution in [0.2, 0.25) is 5.02 Å². The van der Waals surface area contributed by atoms with Gasteiger partial charge >= 0.3 is 0 Å². The number of carbonyl (C=O) groups excluding carboxylic acids is 3. The van der Waals surface area contributed by atoms with Crippen LogP contribution in [0.15, 0.2) is 48.5 Å². The maximum Gasteiger partial charge on any atom is 0.254 e. The van der Waals surface area contributed by atoms with Crippen LogP contribution in [0.4, 0.5) is 11.4 Å². The Hall–Kier alpha value is -2.86. The van der Waals surface area contributed by atoms with E-state index in [9.17, 15) is 14.4 Å².